The van der Waals surface area contributed by atoms with Gasteiger partial charge in [-0.3, -0.25) is 4.79 Å². The fourth-order valence-corrected chi connectivity index (χ4v) is 5.21. The molecule has 0 saturated carbocycles. The van der Waals surface area contributed by atoms with Gasteiger partial charge in [-0.25, -0.2) is 0 Å². The molecule has 166 valence electrons. The van der Waals surface area contributed by atoms with E-state index in [2.05, 4.69) is 37.4 Å². The lowest BCUT2D eigenvalue weighted by atomic mass is 9.74. The number of rotatable bonds is 8. The fourth-order valence-electron chi connectivity index (χ4n) is 3.73. The largest absolute Gasteiger partial charge is 0.491 e. The van der Waals surface area contributed by atoms with Crippen molar-refractivity contribution >= 4 is 17.2 Å². The first-order valence-electron chi connectivity index (χ1n) is 10.7. The van der Waals surface area contributed by atoms with Crippen LogP contribution in [-0.4, -0.2) is 30.8 Å². The smallest absolute Gasteiger partial charge is 0.261 e. The zero-order valence-corrected chi connectivity index (χ0v) is 20.5. The molecule has 0 aliphatic heterocycles. The van der Waals surface area contributed by atoms with Gasteiger partial charge >= 0.3 is 0 Å². The van der Waals surface area contributed by atoms with Crippen molar-refractivity contribution in [2.45, 2.75) is 72.8 Å². The van der Waals surface area contributed by atoms with E-state index >= 15 is 0 Å². The zero-order valence-electron chi connectivity index (χ0n) is 19.7. The Labute approximate surface area is 185 Å². The van der Waals surface area contributed by atoms with Crippen LogP contribution >= 0.6 is 11.3 Å². The quantitative estimate of drug-likeness (QED) is 0.570. The molecular formula is C25H37NO3S. The lowest BCUT2D eigenvalue weighted by molar-refractivity contribution is 0.0216. The Hall–Kier alpha value is -1.85. The fraction of sp³-hybridized carbons (Fsp3) is 0.560. The first kappa shape index (κ1) is 24.4. The number of carbonyl (C=O) groups excluding carboxylic acids is 1. The maximum Gasteiger partial charge on any atom is 0.261 e. The number of hydrogen-bond acceptors (Lipinski definition) is 4. The minimum absolute atomic E-state index is 0.0257. The van der Waals surface area contributed by atoms with E-state index in [4.69, 9.17) is 4.74 Å². The summed E-state index contributed by atoms with van der Waals surface area (Å²) in [5.74, 6) is 0.777. The van der Waals surface area contributed by atoms with Gasteiger partial charge in [0.2, 0.25) is 0 Å². The molecule has 1 aromatic heterocycles. The van der Waals surface area contributed by atoms with Crippen LogP contribution in [0, 0.1) is 19.3 Å². The number of benzene rings is 1. The SMILES string of the molecule is CCC(CC)(c1ccc(OCC(O)C(C)(C)C)c(C)c1)c1cc(C)c(C(=O)NC)s1. The van der Waals surface area contributed by atoms with Crippen molar-refractivity contribution in [2.75, 3.05) is 13.7 Å². The number of carbonyl (C=O) groups is 1. The third kappa shape index (κ3) is 4.89. The molecule has 1 heterocycles. The van der Waals surface area contributed by atoms with Gasteiger partial charge in [0.15, 0.2) is 0 Å². The van der Waals surface area contributed by atoms with Gasteiger partial charge in [-0.15, -0.1) is 11.3 Å². The molecule has 2 N–H and O–H groups in total. The van der Waals surface area contributed by atoms with Crippen LogP contribution in [0.15, 0.2) is 24.3 Å². The lowest BCUT2D eigenvalue weighted by Gasteiger charge is -2.32. The minimum Gasteiger partial charge on any atom is -0.491 e. The van der Waals surface area contributed by atoms with Gasteiger partial charge in [-0.05, 0) is 60.9 Å². The van der Waals surface area contributed by atoms with Gasteiger partial charge in [0, 0.05) is 17.3 Å². The summed E-state index contributed by atoms with van der Waals surface area (Å²) in [6.45, 7) is 14.8. The predicted octanol–water partition coefficient (Wildman–Crippen LogP) is 5.62. The summed E-state index contributed by atoms with van der Waals surface area (Å²) in [5.41, 5.74) is 2.95. The van der Waals surface area contributed by atoms with E-state index in [1.165, 1.54) is 10.4 Å². The predicted molar refractivity (Wildman–Crippen MR) is 126 cm³/mol. The monoisotopic (exact) mass is 431 g/mol. The van der Waals surface area contributed by atoms with Crippen molar-refractivity contribution in [2.24, 2.45) is 5.41 Å². The number of hydrogen-bond donors (Lipinski definition) is 2. The Bertz CT molecular complexity index is 875. The third-order valence-electron chi connectivity index (χ3n) is 6.15. The highest BCUT2D eigenvalue weighted by Gasteiger charge is 2.34. The van der Waals surface area contributed by atoms with Crippen LogP contribution in [0.3, 0.4) is 0 Å². The molecule has 2 rings (SSSR count). The van der Waals surface area contributed by atoms with E-state index in [0.29, 0.717) is 0 Å². The molecule has 0 radical (unpaired) electrons. The number of aryl methyl sites for hydroxylation is 2. The molecule has 0 aliphatic carbocycles. The molecule has 0 aliphatic rings. The average molecular weight is 432 g/mol. The van der Waals surface area contributed by atoms with Crippen LogP contribution in [0.2, 0.25) is 0 Å². The Morgan fingerprint density at radius 2 is 1.77 bits per heavy atom. The Balaban J connectivity index is 2.39. The molecule has 30 heavy (non-hydrogen) atoms. The maximum absolute atomic E-state index is 12.2. The number of amides is 1. The van der Waals surface area contributed by atoms with Crippen LogP contribution in [0.25, 0.3) is 0 Å². The Morgan fingerprint density at radius 1 is 1.13 bits per heavy atom. The summed E-state index contributed by atoms with van der Waals surface area (Å²) in [5, 5.41) is 13.0. The molecule has 0 spiro atoms. The Morgan fingerprint density at radius 3 is 2.27 bits per heavy atom. The lowest BCUT2D eigenvalue weighted by Crippen LogP contribution is -2.32. The number of aliphatic hydroxyl groups is 1. The van der Waals surface area contributed by atoms with Crippen molar-refractivity contribution in [3.8, 4) is 5.75 Å². The summed E-state index contributed by atoms with van der Waals surface area (Å²) in [6, 6.07) is 8.51. The van der Waals surface area contributed by atoms with E-state index in [-0.39, 0.29) is 23.3 Å². The number of aliphatic hydroxyl groups excluding tert-OH is 1. The standard InChI is InChI=1S/C25H37NO3S/c1-9-25(10-2,21-14-17(4)22(30-21)23(28)26-8)18-11-12-19(16(3)13-18)29-15-20(27)24(5,6)7/h11-14,20,27H,9-10,15H2,1-8H3,(H,26,28). The number of ether oxygens (including phenoxy) is 1. The van der Waals surface area contributed by atoms with Crippen molar-refractivity contribution < 1.29 is 14.6 Å². The van der Waals surface area contributed by atoms with E-state index in [1.54, 1.807) is 18.4 Å². The highest BCUT2D eigenvalue weighted by atomic mass is 32.1. The van der Waals surface area contributed by atoms with E-state index < -0.39 is 6.10 Å². The second-order valence-corrected chi connectivity index (χ2v) is 10.2. The molecule has 1 unspecified atom stereocenters. The van der Waals surface area contributed by atoms with E-state index in [1.807, 2.05) is 40.7 Å². The van der Waals surface area contributed by atoms with Crippen LogP contribution in [0.1, 0.15) is 78.7 Å². The first-order valence-corrected chi connectivity index (χ1v) is 11.6. The van der Waals surface area contributed by atoms with Crippen LogP contribution in [0.4, 0.5) is 0 Å². The highest BCUT2D eigenvalue weighted by Crippen LogP contribution is 2.44. The molecular weight excluding hydrogens is 394 g/mol. The van der Waals surface area contributed by atoms with E-state index in [0.717, 1.165) is 34.6 Å². The van der Waals surface area contributed by atoms with Gasteiger partial charge in [-0.1, -0.05) is 46.8 Å². The summed E-state index contributed by atoms with van der Waals surface area (Å²) in [4.78, 5) is 14.3. The third-order valence-corrected chi connectivity index (χ3v) is 7.59. The molecule has 0 bridgehead atoms. The normalized spacial score (nSPS) is 13.2. The van der Waals surface area contributed by atoms with Crippen LogP contribution in [-0.2, 0) is 5.41 Å². The molecule has 0 saturated heterocycles. The second kappa shape index (κ2) is 9.52. The molecule has 0 fully saturated rings. The minimum atomic E-state index is -0.529. The van der Waals surface area contributed by atoms with Crippen molar-refractivity contribution in [1.82, 2.24) is 5.32 Å². The summed E-state index contributed by atoms with van der Waals surface area (Å²) in [7, 11) is 1.67. The molecule has 1 atom stereocenters. The van der Waals surface area contributed by atoms with Gasteiger partial charge < -0.3 is 15.2 Å². The average Bonchev–Trinajstić information content (AvgIpc) is 3.09. The summed E-state index contributed by atoms with van der Waals surface area (Å²) < 4.78 is 5.93. The van der Waals surface area contributed by atoms with Gasteiger partial charge in [-0.2, -0.15) is 0 Å². The second-order valence-electron chi connectivity index (χ2n) is 9.16. The first-order chi connectivity index (χ1) is 14.0. The summed E-state index contributed by atoms with van der Waals surface area (Å²) >= 11 is 1.59. The number of nitrogens with one attached hydrogen (secondary N) is 1. The van der Waals surface area contributed by atoms with Crippen molar-refractivity contribution in [1.29, 1.82) is 0 Å². The van der Waals surface area contributed by atoms with Crippen molar-refractivity contribution in [3.63, 3.8) is 0 Å². The maximum atomic E-state index is 12.2. The zero-order chi connectivity index (χ0) is 22.7. The Kier molecular flexibility index (Phi) is 7.75. The van der Waals surface area contributed by atoms with Crippen LogP contribution in [0.5, 0.6) is 5.75 Å². The molecule has 5 heteroatoms. The van der Waals surface area contributed by atoms with Crippen molar-refractivity contribution in [3.05, 3.63) is 50.7 Å². The molecule has 2 aromatic rings. The molecule has 1 aromatic carbocycles. The van der Waals surface area contributed by atoms with Gasteiger partial charge in [0.25, 0.3) is 5.91 Å². The molecule has 4 nitrogen and oxygen atoms in total. The van der Waals surface area contributed by atoms with Crippen LogP contribution < -0.4 is 10.1 Å². The van der Waals surface area contributed by atoms with Gasteiger partial charge in [0.1, 0.15) is 12.4 Å². The van der Waals surface area contributed by atoms with Gasteiger partial charge in [0.05, 0.1) is 11.0 Å². The summed E-state index contributed by atoms with van der Waals surface area (Å²) in [6.07, 6.45) is 1.36. The number of thiophene rings is 1. The van der Waals surface area contributed by atoms with E-state index in [9.17, 15) is 9.90 Å². The highest BCUT2D eigenvalue weighted by molar-refractivity contribution is 7.14. The topological polar surface area (TPSA) is 58.6 Å². The molecule has 1 amide bonds.